The van der Waals surface area contributed by atoms with E-state index in [1.54, 1.807) is 0 Å². The van der Waals surface area contributed by atoms with Gasteiger partial charge < -0.3 is 15.1 Å². The van der Waals surface area contributed by atoms with Crippen LogP contribution in [0, 0.1) is 5.92 Å². The molecule has 2 N–H and O–H groups in total. The average molecular weight is 298 g/mol. The van der Waals surface area contributed by atoms with Crippen LogP contribution in [0.1, 0.15) is 31.2 Å². The molecule has 110 valence electrons. The molecule has 0 aromatic heterocycles. The van der Waals surface area contributed by atoms with E-state index in [0.29, 0.717) is 11.6 Å². The minimum atomic E-state index is -0.959. The highest BCUT2D eigenvalue weighted by Crippen LogP contribution is 2.36. The van der Waals surface area contributed by atoms with Crippen molar-refractivity contribution in [3.63, 3.8) is 0 Å². The fourth-order valence-electron chi connectivity index (χ4n) is 3.10. The van der Waals surface area contributed by atoms with Crippen molar-refractivity contribution < 1.29 is 15.0 Å². The van der Waals surface area contributed by atoms with Crippen molar-refractivity contribution in [2.24, 2.45) is 5.92 Å². The van der Waals surface area contributed by atoms with Crippen molar-refractivity contribution in [3.05, 3.63) is 34.9 Å². The lowest BCUT2D eigenvalue weighted by atomic mass is 9.76. The summed E-state index contributed by atoms with van der Waals surface area (Å²) in [5, 5.41) is 20.2. The van der Waals surface area contributed by atoms with Crippen LogP contribution in [0.25, 0.3) is 0 Å². The van der Waals surface area contributed by atoms with E-state index in [9.17, 15) is 9.90 Å². The fourth-order valence-corrected chi connectivity index (χ4v) is 3.23. The van der Waals surface area contributed by atoms with Gasteiger partial charge in [-0.1, -0.05) is 37.1 Å². The molecule has 5 heteroatoms. The number of halogens is 1. The standard InChI is InChI=1S/C15H20ClNO3/c1-2-3-11-8-17(15(19)20)9-13(18)14(11)10-4-6-12(16)7-5-10/h4-7,11,13-14,18H,2-3,8-9H2,1H3,(H,19,20). The van der Waals surface area contributed by atoms with Gasteiger partial charge in [0.2, 0.25) is 0 Å². The maximum absolute atomic E-state index is 11.1. The van der Waals surface area contributed by atoms with Crippen molar-refractivity contribution in [3.8, 4) is 0 Å². The van der Waals surface area contributed by atoms with Gasteiger partial charge in [0.05, 0.1) is 12.6 Å². The second-order valence-electron chi connectivity index (χ2n) is 5.38. The van der Waals surface area contributed by atoms with E-state index >= 15 is 0 Å². The molecule has 0 spiro atoms. The maximum Gasteiger partial charge on any atom is 0.407 e. The molecule has 1 saturated heterocycles. The molecule has 1 aliphatic heterocycles. The quantitative estimate of drug-likeness (QED) is 0.900. The molecule has 20 heavy (non-hydrogen) atoms. The molecule has 1 aliphatic rings. The molecule has 0 radical (unpaired) electrons. The van der Waals surface area contributed by atoms with Gasteiger partial charge in [-0.15, -0.1) is 0 Å². The average Bonchev–Trinajstić information content (AvgIpc) is 2.40. The third kappa shape index (κ3) is 3.25. The minimum absolute atomic E-state index is 0.0252. The van der Waals surface area contributed by atoms with Crippen LogP contribution in [0.4, 0.5) is 4.79 Å². The molecule has 0 bridgehead atoms. The Morgan fingerprint density at radius 2 is 2.00 bits per heavy atom. The van der Waals surface area contributed by atoms with Crippen LogP contribution in [0.5, 0.6) is 0 Å². The second kappa shape index (κ2) is 6.46. The summed E-state index contributed by atoms with van der Waals surface area (Å²) in [6.07, 6.45) is 0.237. The van der Waals surface area contributed by atoms with Crippen LogP contribution in [-0.4, -0.2) is 40.4 Å². The summed E-state index contributed by atoms with van der Waals surface area (Å²) in [4.78, 5) is 12.5. The summed E-state index contributed by atoms with van der Waals surface area (Å²) in [5.41, 5.74) is 1.03. The summed E-state index contributed by atoms with van der Waals surface area (Å²) in [5.74, 6) is 0.115. The lowest BCUT2D eigenvalue weighted by molar-refractivity contribution is 0.0190. The normalized spacial score (nSPS) is 26.6. The van der Waals surface area contributed by atoms with Crippen molar-refractivity contribution >= 4 is 17.7 Å². The molecule has 3 unspecified atom stereocenters. The van der Waals surface area contributed by atoms with Crippen molar-refractivity contribution in [1.82, 2.24) is 4.90 Å². The minimum Gasteiger partial charge on any atom is -0.465 e. The smallest absolute Gasteiger partial charge is 0.407 e. The van der Waals surface area contributed by atoms with Gasteiger partial charge in [-0.2, -0.15) is 0 Å². The van der Waals surface area contributed by atoms with Crippen molar-refractivity contribution in [2.75, 3.05) is 13.1 Å². The van der Waals surface area contributed by atoms with Crippen LogP contribution in [0.2, 0.25) is 5.02 Å². The topological polar surface area (TPSA) is 60.8 Å². The number of piperidine rings is 1. The van der Waals surface area contributed by atoms with Gasteiger partial charge >= 0.3 is 6.09 Å². The zero-order valence-electron chi connectivity index (χ0n) is 11.5. The predicted octanol–water partition coefficient (Wildman–Crippen LogP) is 3.19. The third-order valence-electron chi connectivity index (χ3n) is 3.97. The third-order valence-corrected chi connectivity index (χ3v) is 4.22. The molecule has 4 nitrogen and oxygen atoms in total. The number of aliphatic hydroxyl groups is 1. The summed E-state index contributed by atoms with van der Waals surface area (Å²) in [6, 6.07) is 7.48. The van der Waals surface area contributed by atoms with Gasteiger partial charge in [0.25, 0.3) is 0 Å². The van der Waals surface area contributed by atoms with Gasteiger partial charge in [-0.25, -0.2) is 4.79 Å². The predicted molar refractivity (Wildman–Crippen MR) is 78.2 cm³/mol. The Bertz CT molecular complexity index is 463. The van der Waals surface area contributed by atoms with Crippen LogP contribution >= 0.6 is 11.6 Å². The Labute approximate surface area is 124 Å². The molecule has 1 amide bonds. The van der Waals surface area contributed by atoms with Gasteiger partial charge in [0, 0.05) is 17.5 Å². The number of likely N-dealkylation sites (tertiary alicyclic amines) is 1. The number of β-amino-alcohol motifs (C(OH)–C–C–N with tert-alkyl or cyclic N) is 1. The Balaban J connectivity index is 2.24. The summed E-state index contributed by atoms with van der Waals surface area (Å²) in [7, 11) is 0. The largest absolute Gasteiger partial charge is 0.465 e. The molecule has 0 saturated carbocycles. The van der Waals surface area contributed by atoms with Gasteiger partial charge in [-0.05, 0) is 30.0 Å². The summed E-state index contributed by atoms with van der Waals surface area (Å²) in [6.45, 7) is 2.72. The Hall–Kier alpha value is -1.26. The SMILES string of the molecule is CCCC1CN(C(=O)O)CC(O)C1c1ccc(Cl)cc1. The monoisotopic (exact) mass is 297 g/mol. The van der Waals surface area contributed by atoms with Crippen LogP contribution in [0.15, 0.2) is 24.3 Å². The number of carbonyl (C=O) groups is 1. The zero-order chi connectivity index (χ0) is 14.7. The fraction of sp³-hybridized carbons (Fsp3) is 0.533. The number of rotatable bonds is 3. The van der Waals surface area contributed by atoms with E-state index in [2.05, 4.69) is 6.92 Å². The molecule has 1 aromatic rings. The Morgan fingerprint density at radius 1 is 1.35 bits per heavy atom. The van der Waals surface area contributed by atoms with Crippen molar-refractivity contribution in [1.29, 1.82) is 0 Å². The molecular formula is C15H20ClNO3. The number of benzene rings is 1. The molecule has 3 atom stereocenters. The van der Waals surface area contributed by atoms with E-state index in [1.807, 2.05) is 24.3 Å². The van der Waals surface area contributed by atoms with E-state index in [4.69, 9.17) is 16.7 Å². The number of aliphatic hydroxyl groups excluding tert-OH is 1. The van der Waals surface area contributed by atoms with E-state index in [0.717, 1.165) is 18.4 Å². The first kappa shape index (κ1) is 15.1. The number of amides is 1. The maximum atomic E-state index is 11.1. The van der Waals surface area contributed by atoms with E-state index in [1.165, 1.54) is 4.90 Å². The van der Waals surface area contributed by atoms with Gasteiger partial charge in [0.15, 0.2) is 0 Å². The number of nitrogens with zero attached hydrogens (tertiary/aromatic N) is 1. The van der Waals surface area contributed by atoms with E-state index in [-0.39, 0.29) is 18.4 Å². The molecule has 2 rings (SSSR count). The van der Waals surface area contributed by atoms with Gasteiger partial charge in [0.1, 0.15) is 0 Å². The molecule has 0 aliphatic carbocycles. The van der Waals surface area contributed by atoms with Crippen LogP contribution < -0.4 is 0 Å². The first-order valence-corrected chi connectivity index (χ1v) is 7.32. The lowest BCUT2D eigenvalue weighted by Crippen LogP contribution is -2.50. The number of hydrogen-bond acceptors (Lipinski definition) is 2. The van der Waals surface area contributed by atoms with E-state index < -0.39 is 12.2 Å². The Kier molecular flexibility index (Phi) is 4.89. The molecule has 1 fully saturated rings. The lowest BCUT2D eigenvalue weighted by Gasteiger charge is -2.41. The molecular weight excluding hydrogens is 278 g/mol. The first-order chi connectivity index (χ1) is 9.52. The number of hydrogen-bond donors (Lipinski definition) is 2. The van der Waals surface area contributed by atoms with Crippen LogP contribution in [0.3, 0.4) is 0 Å². The number of carboxylic acid groups (broad SMARTS) is 1. The van der Waals surface area contributed by atoms with Crippen molar-refractivity contribution in [2.45, 2.75) is 31.8 Å². The second-order valence-corrected chi connectivity index (χ2v) is 5.82. The molecule has 1 heterocycles. The van der Waals surface area contributed by atoms with Gasteiger partial charge in [-0.3, -0.25) is 0 Å². The summed E-state index contributed by atoms with van der Waals surface area (Å²) < 4.78 is 0. The zero-order valence-corrected chi connectivity index (χ0v) is 12.3. The highest BCUT2D eigenvalue weighted by Gasteiger charge is 2.37. The summed E-state index contributed by atoms with van der Waals surface area (Å²) >= 11 is 5.90. The highest BCUT2D eigenvalue weighted by atomic mass is 35.5. The first-order valence-electron chi connectivity index (χ1n) is 6.94. The molecule has 1 aromatic carbocycles. The Morgan fingerprint density at radius 3 is 2.55 bits per heavy atom. The highest BCUT2D eigenvalue weighted by molar-refractivity contribution is 6.30. The van der Waals surface area contributed by atoms with Crippen LogP contribution in [-0.2, 0) is 0 Å².